The minimum absolute atomic E-state index is 0.240. The predicted molar refractivity (Wildman–Crippen MR) is 110 cm³/mol. The van der Waals surface area contributed by atoms with E-state index in [-0.39, 0.29) is 6.09 Å². The monoisotopic (exact) mass is 357 g/mol. The standard InChI is InChI=1S/C21H31N3O2/c1-7-16-14-17(8-2)19(22-6)18(15-16)23-10-9-11-24(13-12-23)20(25)26-21(3,4)5/h8,14-15H,2,6-7,9-13H2,1,3-5H3. The summed E-state index contributed by atoms with van der Waals surface area (Å²) >= 11 is 0. The molecule has 1 aromatic rings. The second kappa shape index (κ2) is 8.39. The van der Waals surface area contributed by atoms with Gasteiger partial charge in [-0.25, -0.2) is 4.79 Å². The Balaban J connectivity index is 2.22. The highest BCUT2D eigenvalue weighted by molar-refractivity contribution is 5.80. The van der Waals surface area contributed by atoms with Crippen molar-refractivity contribution >= 4 is 30.3 Å². The van der Waals surface area contributed by atoms with Crippen LogP contribution in [-0.4, -0.2) is 49.5 Å². The van der Waals surface area contributed by atoms with Crippen LogP contribution in [0.5, 0.6) is 0 Å². The number of anilines is 1. The normalized spacial score (nSPS) is 15.4. The molecule has 0 N–H and O–H groups in total. The summed E-state index contributed by atoms with van der Waals surface area (Å²) < 4.78 is 5.52. The highest BCUT2D eigenvalue weighted by Crippen LogP contribution is 2.35. The van der Waals surface area contributed by atoms with E-state index in [2.05, 4.69) is 42.2 Å². The number of hydrogen-bond acceptors (Lipinski definition) is 4. The molecule has 1 fully saturated rings. The van der Waals surface area contributed by atoms with Gasteiger partial charge in [-0.1, -0.05) is 19.6 Å². The van der Waals surface area contributed by atoms with Crippen molar-refractivity contribution in [1.82, 2.24) is 4.90 Å². The Kier molecular flexibility index (Phi) is 6.46. The van der Waals surface area contributed by atoms with Crippen molar-refractivity contribution < 1.29 is 9.53 Å². The summed E-state index contributed by atoms with van der Waals surface area (Å²) in [6.45, 7) is 18.4. The van der Waals surface area contributed by atoms with E-state index in [0.717, 1.165) is 42.9 Å². The van der Waals surface area contributed by atoms with Crippen molar-refractivity contribution in [3.63, 3.8) is 0 Å². The van der Waals surface area contributed by atoms with Crippen LogP contribution in [0.4, 0.5) is 16.2 Å². The average Bonchev–Trinajstić information content (AvgIpc) is 2.85. The molecule has 0 aliphatic carbocycles. The summed E-state index contributed by atoms with van der Waals surface area (Å²) in [5.74, 6) is 0. The third kappa shape index (κ3) is 4.87. The van der Waals surface area contributed by atoms with Crippen molar-refractivity contribution in [3.05, 3.63) is 29.8 Å². The van der Waals surface area contributed by atoms with Gasteiger partial charge in [0.2, 0.25) is 0 Å². The number of nitrogens with zero attached hydrogens (tertiary/aromatic N) is 3. The second-order valence-corrected chi connectivity index (χ2v) is 7.58. The first-order chi connectivity index (χ1) is 12.3. The van der Waals surface area contributed by atoms with Gasteiger partial charge in [-0.2, -0.15) is 0 Å². The van der Waals surface area contributed by atoms with E-state index in [0.29, 0.717) is 13.1 Å². The van der Waals surface area contributed by atoms with Crippen LogP contribution in [0.15, 0.2) is 23.7 Å². The highest BCUT2D eigenvalue weighted by atomic mass is 16.6. The topological polar surface area (TPSA) is 45.1 Å². The minimum Gasteiger partial charge on any atom is -0.444 e. The van der Waals surface area contributed by atoms with Crippen LogP contribution in [0.3, 0.4) is 0 Å². The van der Waals surface area contributed by atoms with Gasteiger partial charge in [0, 0.05) is 31.7 Å². The molecule has 0 bridgehead atoms. The zero-order valence-electron chi connectivity index (χ0n) is 16.5. The summed E-state index contributed by atoms with van der Waals surface area (Å²) in [6.07, 6.45) is 3.42. The lowest BCUT2D eigenvalue weighted by Crippen LogP contribution is -2.39. The fraction of sp³-hybridized carbons (Fsp3) is 0.524. The van der Waals surface area contributed by atoms with Gasteiger partial charge in [-0.3, -0.25) is 4.99 Å². The molecule has 0 aromatic heterocycles. The predicted octanol–water partition coefficient (Wildman–Crippen LogP) is 4.67. The molecular weight excluding hydrogens is 326 g/mol. The molecule has 1 saturated heterocycles. The molecular formula is C21H31N3O2. The third-order valence-corrected chi connectivity index (χ3v) is 4.45. The fourth-order valence-electron chi connectivity index (χ4n) is 3.14. The van der Waals surface area contributed by atoms with Crippen LogP contribution in [0.1, 0.15) is 45.2 Å². The van der Waals surface area contributed by atoms with Crippen LogP contribution in [0, 0.1) is 0 Å². The SMILES string of the molecule is C=Cc1cc(CC)cc(N2CCCN(C(=O)OC(C)(C)C)CC2)c1N=C. The van der Waals surface area contributed by atoms with E-state index >= 15 is 0 Å². The molecule has 26 heavy (non-hydrogen) atoms. The van der Waals surface area contributed by atoms with Crippen LogP contribution >= 0.6 is 0 Å². The third-order valence-electron chi connectivity index (χ3n) is 4.45. The van der Waals surface area contributed by atoms with Gasteiger partial charge in [0.1, 0.15) is 5.60 Å². The molecule has 0 unspecified atom stereocenters. The molecule has 1 heterocycles. The zero-order chi connectivity index (χ0) is 19.3. The van der Waals surface area contributed by atoms with Gasteiger partial charge in [-0.05, 0) is 58.0 Å². The van der Waals surface area contributed by atoms with E-state index in [1.165, 1.54) is 5.56 Å². The molecule has 5 nitrogen and oxygen atoms in total. The molecule has 0 saturated carbocycles. The van der Waals surface area contributed by atoms with E-state index in [1.807, 2.05) is 26.8 Å². The van der Waals surface area contributed by atoms with Crippen LogP contribution < -0.4 is 4.90 Å². The van der Waals surface area contributed by atoms with Crippen LogP contribution in [0.2, 0.25) is 0 Å². The van der Waals surface area contributed by atoms with Gasteiger partial charge in [-0.15, -0.1) is 0 Å². The van der Waals surface area contributed by atoms with Crippen molar-refractivity contribution in [1.29, 1.82) is 0 Å². The first-order valence-corrected chi connectivity index (χ1v) is 9.28. The number of aliphatic imine (C=N–C) groups is 1. The van der Waals surface area contributed by atoms with Gasteiger partial charge < -0.3 is 14.5 Å². The zero-order valence-corrected chi connectivity index (χ0v) is 16.5. The Morgan fingerprint density at radius 2 is 2.00 bits per heavy atom. The molecule has 2 rings (SSSR count). The number of carbonyl (C=O) groups excluding carboxylic acids is 1. The summed E-state index contributed by atoms with van der Waals surface area (Å²) in [4.78, 5) is 20.7. The van der Waals surface area contributed by atoms with Crippen molar-refractivity contribution in [2.45, 2.75) is 46.1 Å². The minimum atomic E-state index is -0.475. The van der Waals surface area contributed by atoms with Crippen LogP contribution in [-0.2, 0) is 11.2 Å². The van der Waals surface area contributed by atoms with Gasteiger partial charge in [0.25, 0.3) is 0 Å². The summed E-state index contributed by atoms with van der Waals surface area (Å²) in [5.41, 5.74) is 3.71. The largest absolute Gasteiger partial charge is 0.444 e. The molecule has 1 amide bonds. The molecule has 1 aromatic carbocycles. The first-order valence-electron chi connectivity index (χ1n) is 9.28. The number of aryl methyl sites for hydroxylation is 1. The van der Waals surface area contributed by atoms with Gasteiger partial charge in [0.05, 0.1) is 11.4 Å². The van der Waals surface area contributed by atoms with Crippen molar-refractivity contribution in [2.24, 2.45) is 4.99 Å². The lowest BCUT2D eigenvalue weighted by molar-refractivity contribution is 0.0263. The van der Waals surface area contributed by atoms with Gasteiger partial charge >= 0.3 is 6.09 Å². The smallest absolute Gasteiger partial charge is 0.410 e. The van der Waals surface area contributed by atoms with E-state index in [9.17, 15) is 4.79 Å². The van der Waals surface area contributed by atoms with E-state index in [4.69, 9.17) is 4.74 Å². The van der Waals surface area contributed by atoms with Gasteiger partial charge in [0.15, 0.2) is 0 Å². The number of amides is 1. The Morgan fingerprint density at radius 1 is 1.27 bits per heavy atom. The maximum Gasteiger partial charge on any atom is 0.410 e. The maximum absolute atomic E-state index is 12.4. The van der Waals surface area contributed by atoms with Crippen LogP contribution in [0.25, 0.3) is 6.08 Å². The van der Waals surface area contributed by atoms with Crippen molar-refractivity contribution in [2.75, 3.05) is 31.1 Å². The second-order valence-electron chi connectivity index (χ2n) is 7.58. The lowest BCUT2D eigenvalue weighted by Gasteiger charge is -2.27. The Labute approximate surface area is 157 Å². The highest BCUT2D eigenvalue weighted by Gasteiger charge is 2.25. The number of rotatable bonds is 4. The Morgan fingerprint density at radius 3 is 2.58 bits per heavy atom. The Hall–Kier alpha value is -2.30. The number of hydrogen-bond donors (Lipinski definition) is 0. The molecule has 5 heteroatoms. The number of ether oxygens (including phenoxy) is 1. The molecule has 1 aliphatic rings. The van der Waals surface area contributed by atoms with E-state index < -0.39 is 5.60 Å². The van der Waals surface area contributed by atoms with E-state index in [1.54, 1.807) is 4.90 Å². The molecule has 0 spiro atoms. The Bertz CT molecular complexity index is 677. The average molecular weight is 357 g/mol. The molecule has 0 radical (unpaired) electrons. The quantitative estimate of drug-likeness (QED) is 0.736. The summed E-state index contributed by atoms with van der Waals surface area (Å²) in [7, 11) is 0. The molecule has 0 atom stereocenters. The number of benzene rings is 1. The summed E-state index contributed by atoms with van der Waals surface area (Å²) in [5, 5.41) is 0. The molecule has 1 aliphatic heterocycles. The number of carbonyl (C=O) groups is 1. The first kappa shape index (κ1) is 20.0. The fourth-order valence-corrected chi connectivity index (χ4v) is 3.14. The summed E-state index contributed by atoms with van der Waals surface area (Å²) in [6, 6.07) is 4.30. The maximum atomic E-state index is 12.4. The van der Waals surface area contributed by atoms with Crippen molar-refractivity contribution in [3.8, 4) is 0 Å². The molecule has 142 valence electrons. The lowest BCUT2D eigenvalue weighted by atomic mass is 10.0.